The molecule has 2 rings (SSSR count). The lowest BCUT2D eigenvalue weighted by Gasteiger charge is -2.10. The molecule has 0 heterocycles. The molecule has 19 heavy (non-hydrogen) atoms. The Labute approximate surface area is 116 Å². The van der Waals surface area contributed by atoms with Crippen LogP contribution in [0.4, 0.5) is 0 Å². The van der Waals surface area contributed by atoms with Gasteiger partial charge in [0.25, 0.3) is 5.91 Å². The monoisotopic (exact) mass is 275 g/mol. The van der Waals surface area contributed by atoms with Crippen molar-refractivity contribution in [3.63, 3.8) is 0 Å². The lowest BCUT2D eigenvalue weighted by molar-refractivity contribution is 0.0963. The van der Waals surface area contributed by atoms with E-state index in [0.29, 0.717) is 16.1 Å². The number of hydrogen-bond donors (Lipinski definition) is 2. The van der Waals surface area contributed by atoms with E-state index >= 15 is 0 Å². The minimum atomic E-state index is -0.169. The van der Waals surface area contributed by atoms with Crippen LogP contribution < -0.4 is 5.32 Å². The van der Waals surface area contributed by atoms with E-state index < -0.39 is 0 Å². The molecule has 0 radical (unpaired) electrons. The molecule has 0 fully saturated rings. The average Bonchev–Trinajstić information content (AvgIpc) is 2.46. The number of halogens is 1. The number of amides is 1. The van der Waals surface area contributed by atoms with Crippen LogP contribution in [0, 0.1) is 0 Å². The van der Waals surface area contributed by atoms with Gasteiger partial charge in [0.2, 0.25) is 0 Å². The van der Waals surface area contributed by atoms with E-state index in [1.807, 2.05) is 18.2 Å². The van der Waals surface area contributed by atoms with Gasteiger partial charge in [0, 0.05) is 17.6 Å². The second kappa shape index (κ2) is 5.87. The van der Waals surface area contributed by atoms with Gasteiger partial charge >= 0.3 is 0 Å². The molecular formula is C15H14ClNO2. The van der Waals surface area contributed by atoms with E-state index in [1.165, 1.54) is 0 Å². The number of aliphatic hydroxyl groups excluding tert-OH is 1. The number of benzene rings is 2. The van der Waals surface area contributed by atoms with E-state index in [-0.39, 0.29) is 12.5 Å². The highest BCUT2D eigenvalue weighted by molar-refractivity contribution is 6.30. The third kappa shape index (κ3) is 2.95. The van der Waals surface area contributed by atoms with Crippen molar-refractivity contribution >= 4 is 17.5 Å². The van der Waals surface area contributed by atoms with E-state index in [2.05, 4.69) is 5.32 Å². The van der Waals surface area contributed by atoms with Gasteiger partial charge in [-0.25, -0.2) is 0 Å². The topological polar surface area (TPSA) is 49.3 Å². The van der Waals surface area contributed by atoms with Crippen molar-refractivity contribution in [3.8, 4) is 11.1 Å². The number of aliphatic hydroxyl groups is 1. The van der Waals surface area contributed by atoms with Crippen molar-refractivity contribution in [2.45, 2.75) is 6.61 Å². The van der Waals surface area contributed by atoms with Crippen LogP contribution in [-0.2, 0) is 6.61 Å². The normalized spacial score (nSPS) is 10.3. The summed E-state index contributed by atoms with van der Waals surface area (Å²) in [5.41, 5.74) is 3.09. The summed E-state index contributed by atoms with van der Waals surface area (Å²) in [5, 5.41) is 12.7. The summed E-state index contributed by atoms with van der Waals surface area (Å²) in [6.45, 7) is -0.122. The van der Waals surface area contributed by atoms with E-state index in [9.17, 15) is 9.90 Å². The van der Waals surface area contributed by atoms with Gasteiger partial charge in [-0.15, -0.1) is 0 Å². The Bertz CT molecular complexity index is 594. The minimum absolute atomic E-state index is 0.122. The number of nitrogens with one attached hydrogen (secondary N) is 1. The van der Waals surface area contributed by atoms with Crippen LogP contribution in [-0.4, -0.2) is 18.1 Å². The second-order valence-electron chi connectivity index (χ2n) is 4.12. The first kappa shape index (κ1) is 13.6. The fourth-order valence-electron chi connectivity index (χ4n) is 1.92. The first-order chi connectivity index (χ1) is 9.15. The molecule has 0 aliphatic rings. The zero-order valence-corrected chi connectivity index (χ0v) is 11.2. The summed E-state index contributed by atoms with van der Waals surface area (Å²) >= 11 is 5.86. The summed E-state index contributed by atoms with van der Waals surface area (Å²) in [6, 6.07) is 12.6. The lowest BCUT2D eigenvalue weighted by atomic mass is 9.97. The smallest absolute Gasteiger partial charge is 0.251 e. The second-order valence-corrected chi connectivity index (χ2v) is 4.55. The summed E-state index contributed by atoms with van der Waals surface area (Å²) < 4.78 is 0. The van der Waals surface area contributed by atoms with Crippen molar-refractivity contribution in [1.82, 2.24) is 5.32 Å². The maximum Gasteiger partial charge on any atom is 0.251 e. The molecule has 0 aliphatic carbocycles. The Hall–Kier alpha value is -1.84. The van der Waals surface area contributed by atoms with Crippen LogP contribution in [0.25, 0.3) is 11.1 Å². The minimum Gasteiger partial charge on any atom is -0.392 e. The highest BCUT2D eigenvalue weighted by Crippen LogP contribution is 2.26. The molecular weight excluding hydrogens is 262 g/mol. The third-order valence-electron chi connectivity index (χ3n) is 2.92. The molecule has 0 saturated carbocycles. The highest BCUT2D eigenvalue weighted by Gasteiger charge is 2.09. The van der Waals surface area contributed by atoms with Gasteiger partial charge in [-0.1, -0.05) is 29.8 Å². The molecule has 0 aliphatic heterocycles. The average molecular weight is 276 g/mol. The van der Waals surface area contributed by atoms with E-state index in [1.54, 1.807) is 31.3 Å². The number of rotatable bonds is 3. The molecule has 0 atom stereocenters. The Morgan fingerprint density at radius 1 is 1.21 bits per heavy atom. The molecule has 2 aromatic rings. The van der Waals surface area contributed by atoms with Gasteiger partial charge in [0.1, 0.15) is 0 Å². The van der Waals surface area contributed by atoms with Crippen molar-refractivity contribution in [3.05, 3.63) is 58.6 Å². The largest absolute Gasteiger partial charge is 0.392 e. The van der Waals surface area contributed by atoms with Crippen LogP contribution >= 0.6 is 11.6 Å². The Balaban J connectivity index is 2.46. The molecule has 1 amide bonds. The third-order valence-corrected chi connectivity index (χ3v) is 3.17. The number of carbonyl (C=O) groups is 1. The highest BCUT2D eigenvalue weighted by atomic mass is 35.5. The molecule has 2 aromatic carbocycles. The molecule has 0 saturated heterocycles. The predicted molar refractivity (Wildman–Crippen MR) is 76.2 cm³/mol. The zero-order valence-electron chi connectivity index (χ0n) is 10.5. The molecule has 4 heteroatoms. The molecule has 0 bridgehead atoms. The van der Waals surface area contributed by atoms with Crippen LogP contribution in [0.1, 0.15) is 15.9 Å². The van der Waals surface area contributed by atoms with Gasteiger partial charge in [0.05, 0.1) is 6.61 Å². The Morgan fingerprint density at radius 2 is 1.89 bits per heavy atom. The van der Waals surface area contributed by atoms with Crippen LogP contribution in [0.2, 0.25) is 5.02 Å². The van der Waals surface area contributed by atoms with Crippen molar-refractivity contribution in [2.75, 3.05) is 7.05 Å². The van der Waals surface area contributed by atoms with Gasteiger partial charge in [0.15, 0.2) is 0 Å². The van der Waals surface area contributed by atoms with Gasteiger partial charge in [-0.2, -0.15) is 0 Å². The Morgan fingerprint density at radius 3 is 2.47 bits per heavy atom. The summed E-state index contributed by atoms with van der Waals surface area (Å²) in [5.74, 6) is -0.169. The number of carbonyl (C=O) groups excluding carboxylic acids is 1. The van der Waals surface area contributed by atoms with E-state index in [0.717, 1.165) is 11.1 Å². The maximum absolute atomic E-state index is 11.6. The molecule has 0 spiro atoms. The maximum atomic E-state index is 11.6. The fraction of sp³-hybridized carbons (Fsp3) is 0.133. The van der Waals surface area contributed by atoms with Gasteiger partial charge in [-0.3, -0.25) is 4.79 Å². The molecule has 2 N–H and O–H groups in total. The quantitative estimate of drug-likeness (QED) is 0.905. The van der Waals surface area contributed by atoms with Crippen molar-refractivity contribution in [2.24, 2.45) is 0 Å². The molecule has 3 nitrogen and oxygen atoms in total. The van der Waals surface area contributed by atoms with Crippen molar-refractivity contribution in [1.29, 1.82) is 0 Å². The Kier molecular flexibility index (Phi) is 4.20. The zero-order chi connectivity index (χ0) is 13.8. The predicted octanol–water partition coefficient (Wildman–Crippen LogP) is 2.86. The van der Waals surface area contributed by atoms with Crippen molar-refractivity contribution < 1.29 is 9.90 Å². The first-order valence-corrected chi connectivity index (χ1v) is 6.25. The van der Waals surface area contributed by atoms with Crippen LogP contribution in [0.5, 0.6) is 0 Å². The standard InChI is InChI=1S/C15H14ClNO2/c1-17-15(19)11-4-7-14(12(8-11)9-18)10-2-5-13(16)6-3-10/h2-8,18H,9H2,1H3,(H,17,19). The SMILES string of the molecule is CNC(=O)c1ccc(-c2ccc(Cl)cc2)c(CO)c1. The first-order valence-electron chi connectivity index (χ1n) is 5.87. The number of hydrogen-bond acceptors (Lipinski definition) is 2. The van der Waals surface area contributed by atoms with E-state index in [4.69, 9.17) is 11.6 Å². The summed E-state index contributed by atoms with van der Waals surface area (Å²) in [4.78, 5) is 11.6. The molecule has 0 aromatic heterocycles. The molecule has 0 unspecified atom stereocenters. The van der Waals surface area contributed by atoms with Crippen LogP contribution in [0.3, 0.4) is 0 Å². The summed E-state index contributed by atoms with van der Waals surface area (Å²) in [6.07, 6.45) is 0. The van der Waals surface area contributed by atoms with Crippen LogP contribution in [0.15, 0.2) is 42.5 Å². The summed E-state index contributed by atoms with van der Waals surface area (Å²) in [7, 11) is 1.58. The molecule has 98 valence electrons. The lowest BCUT2D eigenvalue weighted by Crippen LogP contribution is -2.18. The van der Waals surface area contributed by atoms with Gasteiger partial charge in [-0.05, 0) is 41.0 Å². The van der Waals surface area contributed by atoms with Gasteiger partial charge < -0.3 is 10.4 Å². The fourth-order valence-corrected chi connectivity index (χ4v) is 2.05.